The van der Waals surface area contributed by atoms with E-state index < -0.39 is 0 Å². The molecule has 0 aromatic heterocycles. The maximum atomic E-state index is 11.4. The first-order chi connectivity index (χ1) is 6.63. The standard InChI is InChI=1S/C10H11NO2S/c1-13-8-4-2-7(3-5-8)9(12)6-10(11)14/h2-5H,6H2,1H3,(H2,11,14). The van der Waals surface area contributed by atoms with Gasteiger partial charge in [-0.05, 0) is 24.3 Å². The summed E-state index contributed by atoms with van der Waals surface area (Å²) in [5, 5.41) is 0. The van der Waals surface area contributed by atoms with Crippen LogP contribution in [0.1, 0.15) is 16.8 Å². The second-order valence-corrected chi connectivity index (χ2v) is 3.32. The van der Waals surface area contributed by atoms with Crippen LogP contribution in [0.3, 0.4) is 0 Å². The third kappa shape index (κ3) is 2.81. The number of thiocarbonyl (C=S) groups is 1. The lowest BCUT2D eigenvalue weighted by Gasteiger charge is -2.01. The van der Waals surface area contributed by atoms with E-state index in [1.807, 2.05) is 0 Å². The Bertz CT molecular complexity index is 346. The van der Waals surface area contributed by atoms with Crippen molar-refractivity contribution >= 4 is 23.0 Å². The fraction of sp³-hybridized carbons (Fsp3) is 0.200. The predicted molar refractivity (Wildman–Crippen MR) is 58.7 cm³/mol. The lowest BCUT2D eigenvalue weighted by molar-refractivity contribution is 0.100. The number of Topliss-reactive ketones (excluding diaryl/α,β-unsaturated/α-hetero) is 1. The van der Waals surface area contributed by atoms with E-state index in [1.165, 1.54) is 0 Å². The third-order valence-electron chi connectivity index (χ3n) is 1.75. The van der Waals surface area contributed by atoms with Crippen molar-refractivity contribution in [2.45, 2.75) is 6.42 Å². The smallest absolute Gasteiger partial charge is 0.169 e. The van der Waals surface area contributed by atoms with Gasteiger partial charge in [0, 0.05) is 5.56 Å². The Morgan fingerprint density at radius 1 is 1.43 bits per heavy atom. The van der Waals surface area contributed by atoms with E-state index in [-0.39, 0.29) is 17.2 Å². The molecule has 0 aliphatic carbocycles. The first-order valence-corrected chi connectivity index (χ1v) is 4.50. The monoisotopic (exact) mass is 209 g/mol. The highest BCUT2D eigenvalue weighted by Gasteiger charge is 2.06. The van der Waals surface area contributed by atoms with Crippen molar-refractivity contribution in [2.75, 3.05) is 7.11 Å². The maximum Gasteiger partial charge on any atom is 0.169 e. The molecular formula is C10H11NO2S. The van der Waals surface area contributed by atoms with Crippen LogP contribution in [0.15, 0.2) is 24.3 Å². The molecule has 0 aliphatic heterocycles. The van der Waals surface area contributed by atoms with Crippen LogP contribution >= 0.6 is 12.2 Å². The summed E-state index contributed by atoms with van der Waals surface area (Å²) in [7, 11) is 1.58. The first kappa shape index (κ1) is 10.7. The zero-order chi connectivity index (χ0) is 10.6. The predicted octanol–water partition coefficient (Wildman–Crippen LogP) is 1.55. The van der Waals surface area contributed by atoms with E-state index in [2.05, 4.69) is 12.2 Å². The molecule has 74 valence electrons. The van der Waals surface area contributed by atoms with Gasteiger partial charge in [-0.15, -0.1) is 0 Å². The van der Waals surface area contributed by atoms with Crippen LogP contribution < -0.4 is 10.5 Å². The maximum absolute atomic E-state index is 11.4. The Kier molecular flexibility index (Phi) is 3.59. The number of benzene rings is 1. The van der Waals surface area contributed by atoms with Crippen molar-refractivity contribution in [3.63, 3.8) is 0 Å². The van der Waals surface area contributed by atoms with Crippen molar-refractivity contribution in [1.82, 2.24) is 0 Å². The number of nitrogens with two attached hydrogens (primary N) is 1. The molecule has 0 atom stereocenters. The molecule has 1 aromatic carbocycles. The highest BCUT2D eigenvalue weighted by molar-refractivity contribution is 7.80. The molecule has 0 unspecified atom stereocenters. The molecule has 0 aliphatic rings. The minimum Gasteiger partial charge on any atom is -0.497 e. The number of carbonyl (C=O) groups is 1. The molecule has 0 amide bonds. The summed E-state index contributed by atoms with van der Waals surface area (Å²) in [6.45, 7) is 0. The molecule has 1 aromatic rings. The Balaban J connectivity index is 2.76. The average molecular weight is 209 g/mol. The largest absolute Gasteiger partial charge is 0.497 e. The second-order valence-electron chi connectivity index (χ2n) is 2.79. The third-order valence-corrected chi connectivity index (χ3v) is 1.89. The van der Waals surface area contributed by atoms with Gasteiger partial charge < -0.3 is 10.5 Å². The van der Waals surface area contributed by atoms with E-state index in [4.69, 9.17) is 10.5 Å². The number of rotatable bonds is 4. The summed E-state index contributed by atoms with van der Waals surface area (Å²) in [5.41, 5.74) is 5.87. The van der Waals surface area contributed by atoms with Gasteiger partial charge in [0.05, 0.1) is 18.5 Å². The van der Waals surface area contributed by atoms with Crippen LogP contribution in [0, 0.1) is 0 Å². The molecule has 14 heavy (non-hydrogen) atoms. The second kappa shape index (κ2) is 4.72. The Morgan fingerprint density at radius 3 is 2.43 bits per heavy atom. The van der Waals surface area contributed by atoms with E-state index >= 15 is 0 Å². The molecule has 0 radical (unpaired) electrons. The van der Waals surface area contributed by atoms with Gasteiger partial charge in [0.1, 0.15) is 5.75 Å². The number of hydrogen-bond acceptors (Lipinski definition) is 3. The normalized spacial score (nSPS) is 9.50. The molecule has 1 rings (SSSR count). The van der Waals surface area contributed by atoms with Gasteiger partial charge in [-0.25, -0.2) is 0 Å². The van der Waals surface area contributed by atoms with Gasteiger partial charge in [-0.2, -0.15) is 0 Å². The summed E-state index contributed by atoms with van der Waals surface area (Å²) in [6.07, 6.45) is 0.113. The molecule has 0 heterocycles. The topological polar surface area (TPSA) is 52.3 Å². The Labute approximate surface area is 87.9 Å². The highest BCUT2D eigenvalue weighted by atomic mass is 32.1. The Morgan fingerprint density at radius 2 is 2.00 bits per heavy atom. The zero-order valence-corrected chi connectivity index (χ0v) is 8.64. The molecule has 0 spiro atoms. The quantitative estimate of drug-likeness (QED) is 0.604. The van der Waals surface area contributed by atoms with Crippen LogP contribution in [0.4, 0.5) is 0 Å². The van der Waals surface area contributed by atoms with Crippen molar-refractivity contribution in [1.29, 1.82) is 0 Å². The van der Waals surface area contributed by atoms with Gasteiger partial charge in [0.25, 0.3) is 0 Å². The lowest BCUT2D eigenvalue weighted by Crippen LogP contribution is -2.14. The summed E-state index contributed by atoms with van der Waals surface area (Å²) in [6, 6.07) is 6.85. The number of carbonyl (C=O) groups excluding carboxylic acids is 1. The zero-order valence-electron chi connectivity index (χ0n) is 7.82. The van der Waals surface area contributed by atoms with Gasteiger partial charge in [0.15, 0.2) is 5.78 Å². The van der Waals surface area contributed by atoms with Crippen LogP contribution in [0.2, 0.25) is 0 Å². The molecule has 2 N–H and O–H groups in total. The first-order valence-electron chi connectivity index (χ1n) is 4.09. The van der Waals surface area contributed by atoms with Gasteiger partial charge >= 0.3 is 0 Å². The van der Waals surface area contributed by atoms with E-state index in [9.17, 15) is 4.79 Å². The van der Waals surface area contributed by atoms with Crippen LogP contribution in [-0.4, -0.2) is 17.9 Å². The van der Waals surface area contributed by atoms with E-state index in [0.717, 1.165) is 5.75 Å². The summed E-state index contributed by atoms with van der Waals surface area (Å²) in [4.78, 5) is 11.7. The Hall–Kier alpha value is -1.42. The van der Waals surface area contributed by atoms with E-state index in [1.54, 1.807) is 31.4 Å². The molecule has 0 bridgehead atoms. The summed E-state index contributed by atoms with van der Waals surface area (Å²) in [5.74, 6) is 0.650. The lowest BCUT2D eigenvalue weighted by atomic mass is 10.1. The summed E-state index contributed by atoms with van der Waals surface area (Å²) >= 11 is 4.65. The van der Waals surface area contributed by atoms with Gasteiger partial charge in [-0.3, -0.25) is 4.79 Å². The number of methoxy groups -OCH3 is 1. The van der Waals surface area contributed by atoms with Crippen molar-refractivity contribution in [2.24, 2.45) is 5.73 Å². The molecule has 0 saturated heterocycles. The van der Waals surface area contributed by atoms with Crippen molar-refractivity contribution < 1.29 is 9.53 Å². The van der Waals surface area contributed by atoms with Crippen LogP contribution in [-0.2, 0) is 0 Å². The van der Waals surface area contributed by atoms with Crippen molar-refractivity contribution in [3.8, 4) is 5.75 Å². The molecular weight excluding hydrogens is 198 g/mol. The molecule has 0 saturated carbocycles. The average Bonchev–Trinajstić information content (AvgIpc) is 2.17. The molecule has 4 heteroatoms. The van der Waals surface area contributed by atoms with E-state index in [0.29, 0.717) is 5.56 Å². The number of ketones is 1. The molecule has 0 fully saturated rings. The van der Waals surface area contributed by atoms with Gasteiger partial charge in [0.2, 0.25) is 0 Å². The SMILES string of the molecule is COc1ccc(C(=O)CC(N)=S)cc1. The summed E-state index contributed by atoms with van der Waals surface area (Å²) < 4.78 is 4.97. The number of hydrogen-bond donors (Lipinski definition) is 1. The highest BCUT2D eigenvalue weighted by Crippen LogP contribution is 2.12. The number of ether oxygens (including phenoxy) is 1. The fourth-order valence-electron chi connectivity index (χ4n) is 1.04. The minimum absolute atomic E-state index is 0.0693. The van der Waals surface area contributed by atoms with Crippen molar-refractivity contribution in [3.05, 3.63) is 29.8 Å². The van der Waals surface area contributed by atoms with Crippen LogP contribution in [0.5, 0.6) is 5.75 Å². The van der Waals surface area contributed by atoms with Gasteiger partial charge in [-0.1, -0.05) is 12.2 Å². The molecule has 3 nitrogen and oxygen atoms in total. The minimum atomic E-state index is -0.0693. The van der Waals surface area contributed by atoms with Crippen LogP contribution in [0.25, 0.3) is 0 Å². The fourth-order valence-corrected chi connectivity index (χ4v) is 1.17.